The normalized spacial score (nSPS) is 12.0. The third kappa shape index (κ3) is 4.37. The van der Waals surface area contributed by atoms with Crippen LogP contribution in [0.25, 0.3) is 0 Å². The van der Waals surface area contributed by atoms with Crippen molar-refractivity contribution in [2.75, 3.05) is 0 Å². The van der Waals surface area contributed by atoms with Crippen molar-refractivity contribution >= 4 is 15.9 Å². The van der Waals surface area contributed by atoms with Gasteiger partial charge in [0.1, 0.15) is 5.75 Å². The van der Waals surface area contributed by atoms with Crippen molar-refractivity contribution < 1.29 is 18.3 Å². The summed E-state index contributed by atoms with van der Waals surface area (Å²) in [6.07, 6.45) is 0. The minimum Gasteiger partial charge on any atom is -0.507 e. The number of hydrazine groups is 1. The number of carbonyl (C=O) groups excluding carboxylic acids is 1. The van der Waals surface area contributed by atoms with Gasteiger partial charge in [0.2, 0.25) is 0 Å². The fourth-order valence-electron chi connectivity index (χ4n) is 2.23. The Bertz CT molecular complexity index is 885. The second-order valence-corrected chi connectivity index (χ2v) is 8.49. The smallest absolute Gasteiger partial charge is 0.270 e. The molecule has 1 amide bonds. The average Bonchev–Trinajstić information content (AvgIpc) is 2.55. The third-order valence-electron chi connectivity index (χ3n) is 3.76. The van der Waals surface area contributed by atoms with Crippen LogP contribution in [0.3, 0.4) is 0 Å². The fourth-order valence-corrected chi connectivity index (χ4v) is 3.09. The summed E-state index contributed by atoms with van der Waals surface area (Å²) in [6.45, 7) is 7.64. The van der Waals surface area contributed by atoms with Crippen LogP contribution in [0.4, 0.5) is 0 Å². The van der Waals surface area contributed by atoms with Crippen LogP contribution in [-0.2, 0) is 15.4 Å². The minimum atomic E-state index is -3.89. The number of phenolic OH excluding ortho intramolecular Hbond substituents is 1. The molecule has 0 heterocycles. The molecule has 25 heavy (non-hydrogen) atoms. The van der Waals surface area contributed by atoms with Crippen LogP contribution in [0.1, 0.15) is 42.3 Å². The summed E-state index contributed by atoms with van der Waals surface area (Å²) in [6, 6.07) is 11.1. The number of carbonyl (C=O) groups is 1. The Morgan fingerprint density at radius 1 is 1.08 bits per heavy atom. The summed E-state index contributed by atoms with van der Waals surface area (Å²) in [5, 5.41) is 10.2. The van der Waals surface area contributed by atoms with Gasteiger partial charge in [0, 0.05) is 0 Å². The molecule has 0 aromatic heterocycles. The van der Waals surface area contributed by atoms with Gasteiger partial charge in [-0.05, 0) is 41.7 Å². The molecule has 0 aliphatic heterocycles. The van der Waals surface area contributed by atoms with Crippen molar-refractivity contribution in [3.63, 3.8) is 0 Å². The van der Waals surface area contributed by atoms with E-state index in [1.807, 2.05) is 25.6 Å². The summed E-state index contributed by atoms with van der Waals surface area (Å²) in [5.41, 5.74) is 3.34. The van der Waals surface area contributed by atoms with Gasteiger partial charge in [-0.2, -0.15) is 0 Å². The molecule has 0 saturated carbocycles. The van der Waals surface area contributed by atoms with Crippen LogP contribution in [-0.4, -0.2) is 19.4 Å². The lowest BCUT2D eigenvalue weighted by molar-refractivity contribution is 0.0942. The molecule has 134 valence electrons. The Morgan fingerprint density at radius 2 is 1.68 bits per heavy atom. The highest BCUT2D eigenvalue weighted by Crippen LogP contribution is 2.30. The van der Waals surface area contributed by atoms with E-state index < -0.39 is 15.9 Å². The molecule has 0 aliphatic carbocycles. The Kier molecular flexibility index (Phi) is 5.20. The SMILES string of the molecule is Cc1cc(C(C)(C)C)cc(C(=O)NNS(=O)(=O)c2ccccc2)c1O. The lowest BCUT2D eigenvalue weighted by Gasteiger charge is -2.21. The number of aryl methyl sites for hydroxylation is 1. The number of hydrogen-bond acceptors (Lipinski definition) is 4. The van der Waals surface area contributed by atoms with Gasteiger partial charge >= 0.3 is 0 Å². The Morgan fingerprint density at radius 3 is 2.24 bits per heavy atom. The van der Waals surface area contributed by atoms with Crippen molar-refractivity contribution in [1.29, 1.82) is 0 Å². The van der Waals surface area contributed by atoms with Gasteiger partial charge in [-0.3, -0.25) is 10.2 Å². The number of aromatic hydroxyl groups is 1. The van der Waals surface area contributed by atoms with E-state index in [4.69, 9.17) is 0 Å². The Hall–Kier alpha value is -2.38. The molecule has 0 aliphatic rings. The van der Waals surface area contributed by atoms with E-state index in [1.165, 1.54) is 12.1 Å². The van der Waals surface area contributed by atoms with Crippen LogP contribution in [0, 0.1) is 6.92 Å². The molecule has 3 N–H and O–H groups in total. The van der Waals surface area contributed by atoms with Crippen molar-refractivity contribution in [1.82, 2.24) is 10.3 Å². The molecule has 0 radical (unpaired) electrons. The zero-order valence-corrected chi connectivity index (χ0v) is 15.4. The fraction of sp³-hybridized carbons (Fsp3) is 0.278. The monoisotopic (exact) mass is 362 g/mol. The summed E-state index contributed by atoms with van der Waals surface area (Å²) in [7, 11) is -3.89. The van der Waals surface area contributed by atoms with E-state index in [2.05, 4.69) is 5.43 Å². The zero-order chi connectivity index (χ0) is 18.8. The Balaban J connectivity index is 2.26. The molecule has 0 atom stereocenters. The first kappa shape index (κ1) is 19.0. The molecule has 0 bridgehead atoms. The first-order valence-electron chi connectivity index (χ1n) is 7.73. The lowest BCUT2D eigenvalue weighted by Crippen LogP contribution is -2.41. The maximum absolute atomic E-state index is 12.4. The molecule has 0 fully saturated rings. The first-order valence-corrected chi connectivity index (χ1v) is 9.22. The van der Waals surface area contributed by atoms with E-state index in [9.17, 15) is 18.3 Å². The number of rotatable bonds is 4. The number of amides is 1. The molecule has 0 unspecified atom stereocenters. The van der Waals surface area contributed by atoms with E-state index in [1.54, 1.807) is 37.3 Å². The number of hydrogen-bond donors (Lipinski definition) is 3. The second-order valence-electron chi connectivity index (χ2n) is 6.81. The molecule has 2 rings (SSSR count). The number of benzene rings is 2. The number of sulfonamides is 1. The van der Waals surface area contributed by atoms with Crippen LogP contribution in [0.2, 0.25) is 0 Å². The summed E-state index contributed by atoms with van der Waals surface area (Å²) < 4.78 is 24.3. The summed E-state index contributed by atoms with van der Waals surface area (Å²) in [4.78, 5) is 14.4. The second kappa shape index (κ2) is 6.85. The lowest BCUT2D eigenvalue weighted by atomic mass is 9.85. The molecule has 6 nitrogen and oxygen atoms in total. The maximum atomic E-state index is 12.4. The van der Waals surface area contributed by atoms with Crippen molar-refractivity contribution in [2.24, 2.45) is 0 Å². The average molecular weight is 362 g/mol. The Labute approximate surface area is 147 Å². The van der Waals surface area contributed by atoms with Crippen LogP contribution in [0.15, 0.2) is 47.4 Å². The first-order chi connectivity index (χ1) is 11.5. The predicted octanol–water partition coefficient (Wildman–Crippen LogP) is 2.62. The van der Waals surface area contributed by atoms with E-state index >= 15 is 0 Å². The van der Waals surface area contributed by atoms with E-state index in [0.29, 0.717) is 5.56 Å². The van der Waals surface area contributed by atoms with Gasteiger partial charge in [-0.1, -0.05) is 45.0 Å². The highest BCUT2D eigenvalue weighted by Gasteiger charge is 2.22. The summed E-state index contributed by atoms with van der Waals surface area (Å²) >= 11 is 0. The topological polar surface area (TPSA) is 95.5 Å². The quantitative estimate of drug-likeness (QED) is 0.729. The molecular formula is C18H22N2O4S. The number of nitrogens with one attached hydrogen (secondary N) is 2. The van der Waals surface area contributed by atoms with Gasteiger partial charge < -0.3 is 5.11 Å². The zero-order valence-electron chi connectivity index (χ0n) is 14.6. The van der Waals surface area contributed by atoms with Crippen molar-refractivity contribution in [3.8, 4) is 5.75 Å². The van der Waals surface area contributed by atoms with Crippen molar-refractivity contribution in [3.05, 3.63) is 59.2 Å². The molecule has 7 heteroatoms. The largest absolute Gasteiger partial charge is 0.507 e. The molecule has 0 saturated heterocycles. The molecule has 2 aromatic rings. The van der Waals surface area contributed by atoms with Gasteiger partial charge in [0.05, 0.1) is 10.5 Å². The van der Waals surface area contributed by atoms with Crippen LogP contribution < -0.4 is 10.3 Å². The van der Waals surface area contributed by atoms with Crippen LogP contribution in [0.5, 0.6) is 5.75 Å². The molecular weight excluding hydrogens is 340 g/mol. The minimum absolute atomic E-state index is 0.0145. The standard InChI is InChI=1S/C18H22N2O4S/c1-12-10-13(18(2,3)4)11-15(16(12)21)17(22)19-20-25(23,24)14-8-6-5-7-9-14/h5-11,20-21H,1-4H3,(H,19,22). The molecule has 0 spiro atoms. The van der Waals surface area contributed by atoms with Gasteiger partial charge in [-0.25, -0.2) is 8.42 Å². The molecule has 2 aromatic carbocycles. The van der Waals surface area contributed by atoms with Gasteiger partial charge in [0.15, 0.2) is 0 Å². The van der Waals surface area contributed by atoms with Crippen molar-refractivity contribution in [2.45, 2.75) is 38.0 Å². The predicted molar refractivity (Wildman–Crippen MR) is 95.8 cm³/mol. The van der Waals surface area contributed by atoms with Gasteiger partial charge in [0.25, 0.3) is 15.9 Å². The maximum Gasteiger partial charge on any atom is 0.270 e. The third-order valence-corrected chi connectivity index (χ3v) is 5.03. The highest BCUT2D eigenvalue weighted by atomic mass is 32.2. The van der Waals surface area contributed by atoms with Crippen LogP contribution >= 0.6 is 0 Å². The van der Waals surface area contributed by atoms with E-state index in [0.717, 1.165) is 5.56 Å². The highest BCUT2D eigenvalue weighted by molar-refractivity contribution is 7.89. The summed E-state index contributed by atoms with van der Waals surface area (Å²) in [5.74, 6) is -0.907. The number of phenols is 1. The van der Waals surface area contributed by atoms with Gasteiger partial charge in [-0.15, -0.1) is 4.83 Å². The van der Waals surface area contributed by atoms with E-state index in [-0.39, 0.29) is 21.6 Å².